The van der Waals surface area contributed by atoms with Crippen LogP contribution in [0.1, 0.15) is 43.9 Å². The fraction of sp³-hybridized carbons (Fsp3) is 0.400. The molecule has 1 saturated heterocycles. The van der Waals surface area contributed by atoms with Gasteiger partial charge in [-0.25, -0.2) is 14.5 Å². The van der Waals surface area contributed by atoms with Crippen LogP contribution in [0.5, 0.6) is 0 Å². The van der Waals surface area contributed by atoms with Crippen molar-refractivity contribution >= 4 is 17.9 Å². The van der Waals surface area contributed by atoms with Crippen LogP contribution >= 0.6 is 0 Å². The lowest BCUT2D eigenvalue weighted by Gasteiger charge is -2.17. The number of nitrogens with zero attached hydrogens (tertiary/aromatic N) is 1. The minimum Gasteiger partial charge on any atom is -0.480 e. The number of hydrogen-bond donors (Lipinski definition) is 2. The Hall–Kier alpha value is -2.37. The fourth-order valence-corrected chi connectivity index (χ4v) is 2.27. The molecular weight excluding hydrogens is 272 g/mol. The number of amides is 3. The number of hydrogen-bond acceptors (Lipinski definition) is 3. The number of rotatable bonds is 4. The summed E-state index contributed by atoms with van der Waals surface area (Å²) in [6.07, 6.45) is 0. The van der Waals surface area contributed by atoms with Gasteiger partial charge in [0.1, 0.15) is 12.1 Å². The van der Waals surface area contributed by atoms with Crippen LogP contribution in [0.2, 0.25) is 0 Å². The molecule has 2 N–H and O–H groups in total. The van der Waals surface area contributed by atoms with Gasteiger partial charge >= 0.3 is 12.0 Å². The first-order valence-corrected chi connectivity index (χ1v) is 6.79. The summed E-state index contributed by atoms with van der Waals surface area (Å²) in [5, 5.41) is 11.5. The van der Waals surface area contributed by atoms with Gasteiger partial charge in [0.15, 0.2) is 0 Å². The average Bonchev–Trinajstić information content (AvgIpc) is 2.73. The molecule has 2 unspecified atom stereocenters. The van der Waals surface area contributed by atoms with Gasteiger partial charge in [-0.05, 0) is 24.0 Å². The van der Waals surface area contributed by atoms with Crippen LogP contribution in [0.15, 0.2) is 24.3 Å². The molecule has 0 aliphatic carbocycles. The van der Waals surface area contributed by atoms with Gasteiger partial charge in [-0.2, -0.15) is 0 Å². The molecule has 1 heterocycles. The molecule has 1 aliphatic heterocycles. The lowest BCUT2D eigenvalue weighted by molar-refractivity contribution is -0.146. The zero-order valence-electron chi connectivity index (χ0n) is 12.2. The van der Waals surface area contributed by atoms with Crippen molar-refractivity contribution in [3.63, 3.8) is 0 Å². The smallest absolute Gasteiger partial charge is 0.326 e. The molecule has 21 heavy (non-hydrogen) atoms. The molecule has 0 aromatic heterocycles. The van der Waals surface area contributed by atoms with Crippen LogP contribution in [0.25, 0.3) is 0 Å². The molecule has 1 aliphatic rings. The van der Waals surface area contributed by atoms with Crippen molar-refractivity contribution in [2.75, 3.05) is 0 Å². The van der Waals surface area contributed by atoms with Crippen molar-refractivity contribution in [1.29, 1.82) is 0 Å². The first-order valence-electron chi connectivity index (χ1n) is 6.79. The SMILES string of the molecule is CC(C)c1ccc(C2NC(=O)N(C(C)C(=O)O)C2=O)cc1. The predicted octanol–water partition coefficient (Wildman–Crippen LogP) is 1.88. The van der Waals surface area contributed by atoms with Crippen molar-refractivity contribution in [1.82, 2.24) is 10.2 Å². The summed E-state index contributed by atoms with van der Waals surface area (Å²) < 4.78 is 0. The van der Waals surface area contributed by atoms with Crippen LogP contribution in [0, 0.1) is 0 Å². The van der Waals surface area contributed by atoms with Crippen LogP contribution < -0.4 is 5.32 Å². The number of urea groups is 1. The number of benzene rings is 1. The maximum Gasteiger partial charge on any atom is 0.326 e. The Bertz CT molecular complexity index is 580. The lowest BCUT2D eigenvalue weighted by Crippen LogP contribution is -2.43. The second-order valence-electron chi connectivity index (χ2n) is 5.43. The third-order valence-electron chi connectivity index (χ3n) is 3.65. The van der Waals surface area contributed by atoms with Gasteiger partial charge in [0, 0.05) is 0 Å². The van der Waals surface area contributed by atoms with E-state index < -0.39 is 30.0 Å². The Kier molecular flexibility index (Phi) is 3.97. The molecule has 0 saturated carbocycles. The molecule has 112 valence electrons. The van der Waals surface area contributed by atoms with E-state index in [-0.39, 0.29) is 0 Å². The van der Waals surface area contributed by atoms with E-state index in [2.05, 4.69) is 19.2 Å². The molecule has 1 aromatic rings. The van der Waals surface area contributed by atoms with Crippen LogP contribution in [-0.4, -0.2) is 34.0 Å². The van der Waals surface area contributed by atoms with E-state index in [9.17, 15) is 14.4 Å². The number of nitrogens with one attached hydrogen (secondary N) is 1. The van der Waals surface area contributed by atoms with Gasteiger partial charge in [-0.1, -0.05) is 38.1 Å². The van der Waals surface area contributed by atoms with Crippen LogP contribution in [-0.2, 0) is 9.59 Å². The largest absolute Gasteiger partial charge is 0.480 e. The zero-order valence-corrected chi connectivity index (χ0v) is 12.2. The molecular formula is C15H18N2O4. The van der Waals surface area contributed by atoms with Gasteiger partial charge in [-0.3, -0.25) is 4.79 Å². The monoisotopic (exact) mass is 290 g/mol. The van der Waals surface area contributed by atoms with Gasteiger partial charge in [0.2, 0.25) is 0 Å². The highest BCUT2D eigenvalue weighted by molar-refractivity contribution is 6.07. The maximum absolute atomic E-state index is 12.3. The minimum absolute atomic E-state index is 0.372. The number of imide groups is 1. The Balaban J connectivity index is 2.24. The fourth-order valence-electron chi connectivity index (χ4n) is 2.27. The Morgan fingerprint density at radius 3 is 2.24 bits per heavy atom. The zero-order chi connectivity index (χ0) is 15.7. The van der Waals surface area contributed by atoms with E-state index in [0.717, 1.165) is 10.5 Å². The molecule has 2 atom stereocenters. The van der Waals surface area contributed by atoms with Gasteiger partial charge in [-0.15, -0.1) is 0 Å². The molecule has 2 rings (SSSR count). The Labute approximate surface area is 122 Å². The highest BCUT2D eigenvalue weighted by Crippen LogP contribution is 2.25. The molecule has 3 amide bonds. The summed E-state index contributed by atoms with van der Waals surface area (Å²) in [6, 6.07) is 4.71. The van der Waals surface area contributed by atoms with Crippen LogP contribution in [0.4, 0.5) is 4.79 Å². The molecule has 1 aromatic carbocycles. The first kappa shape index (κ1) is 15.0. The number of carboxylic acid groups (broad SMARTS) is 1. The number of carbonyl (C=O) groups excluding carboxylic acids is 2. The summed E-state index contributed by atoms with van der Waals surface area (Å²) in [6.45, 7) is 5.44. The molecule has 0 bridgehead atoms. The Morgan fingerprint density at radius 2 is 1.76 bits per heavy atom. The van der Waals surface area contributed by atoms with Crippen molar-refractivity contribution in [3.05, 3.63) is 35.4 Å². The quantitative estimate of drug-likeness (QED) is 0.829. The minimum atomic E-state index is -1.21. The molecule has 6 heteroatoms. The van der Waals surface area contributed by atoms with E-state index in [4.69, 9.17) is 5.11 Å². The van der Waals surface area contributed by atoms with Crippen molar-refractivity contribution in [2.24, 2.45) is 0 Å². The highest BCUT2D eigenvalue weighted by atomic mass is 16.4. The molecule has 6 nitrogen and oxygen atoms in total. The van der Waals surface area contributed by atoms with Gasteiger partial charge < -0.3 is 10.4 Å². The van der Waals surface area contributed by atoms with E-state index in [1.165, 1.54) is 6.92 Å². The summed E-state index contributed by atoms with van der Waals surface area (Å²) >= 11 is 0. The third kappa shape index (κ3) is 2.74. The maximum atomic E-state index is 12.3. The highest BCUT2D eigenvalue weighted by Gasteiger charge is 2.43. The second kappa shape index (κ2) is 5.55. The van der Waals surface area contributed by atoms with Gasteiger partial charge in [0.25, 0.3) is 5.91 Å². The molecule has 1 fully saturated rings. The summed E-state index contributed by atoms with van der Waals surface area (Å²) in [5.41, 5.74) is 1.78. The summed E-state index contributed by atoms with van der Waals surface area (Å²) in [7, 11) is 0. The second-order valence-corrected chi connectivity index (χ2v) is 5.43. The predicted molar refractivity (Wildman–Crippen MR) is 75.7 cm³/mol. The summed E-state index contributed by atoms with van der Waals surface area (Å²) in [4.78, 5) is 35.8. The lowest BCUT2D eigenvalue weighted by atomic mass is 9.99. The molecule has 0 spiro atoms. The number of carbonyl (C=O) groups is 3. The molecule has 0 radical (unpaired) electrons. The topological polar surface area (TPSA) is 86.7 Å². The van der Waals surface area contributed by atoms with Gasteiger partial charge in [0.05, 0.1) is 0 Å². The van der Waals surface area contributed by atoms with E-state index in [1.54, 1.807) is 12.1 Å². The van der Waals surface area contributed by atoms with Crippen molar-refractivity contribution in [2.45, 2.75) is 38.8 Å². The normalized spacial score (nSPS) is 19.8. The first-order chi connectivity index (χ1) is 9.82. The number of aliphatic carboxylic acids is 1. The third-order valence-corrected chi connectivity index (χ3v) is 3.65. The van der Waals surface area contributed by atoms with Crippen molar-refractivity contribution < 1.29 is 19.5 Å². The van der Waals surface area contributed by atoms with E-state index in [0.29, 0.717) is 11.5 Å². The van der Waals surface area contributed by atoms with E-state index >= 15 is 0 Å². The Morgan fingerprint density at radius 1 is 1.19 bits per heavy atom. The van der Waals surface area contributed by atoms with Crippen LogP contribution in [0.3, 0.4) is 0 Å². The standard InChI is InChI=1S/C15H18N2O4/c1-8(2)10-4-6-11(7-5-10)12-13(18)17(15(21)16-12)9(3)14(19)20/h4-9,12H,1-3H3,(H,16,21)(H,19,20). The number of carboxylic acids is 1. The van der Waals surface area contributed by atoms with E-state index in [1.807, 2.05) is 12.1 Å². The summed E-state index contributed by atoms with van der Waals surface area (Å²) in [5.74, 6) is -1.38. The average molecular weight is 290 g/mol. The van der Waals surface area contributed by atoms with Crippen molar-refractivity contribution in [3.8, 4) is 0 Å².